The van der Waals surface area contributed by atoms with Crippen molar-refractivity contribution < 1.29 is 19.0 Å². The summed E-state index contributed by atoms with van der Waals surface area (Å²) in [5, 5.41) is 10.3. The van der Waals surface area contributed by atoms with E-state index in [1.54, 1.807) is 37.3 Å². The van der Waals surface area contributed by atoms with E-state index in [2.05, 4.69) is 0 Å². The fraction of sp³-hybridized carbons (Fsp3) is 0.381. The van der Waals surface area contributed by atoms with E-state index >= 15 is 0 Å². The molecule has 0 radical (unpaired) electrons. The number of aryl methyl sites for hydroxylation is 1. The van der Waals surface area contributed by atoms with Gasteiger partial charge in [0, 0.05) is 13.5 Å². The van der Waals surface area contributed by atoms with Gasteiger partial charge in [0.05, 0.1) is 19.8 Å². The highest BCUT2D eigenvalue weighted by Crippen LogP contribution is 2.20. The first-order valence-electron chi connectivity index (χ1n) is 8.80. The van der Waals surface area contributed by atoms with Gasteiger partial charge in [-0.1, -0.05) is 24.3 Å². The van der Waals surface area contributed by atoms with Crippen LogP contribution in [0.1, 0.15) is 36.5 Å². The number of likely N-dealkylation sites (N-methyl/N-ethyl adjacent to an activating group) is 1. The number of nitrogens with zero attached hydrogens (tertiary/aromatic N) is 1. The standard InChI is InChI=1S/C21H26FNO3/c1-23(15-20(24)17-7-5-8-19(14-17)26-2)21(25)9-4-3-6-16-10-12-18(22)13-11-16/h5,7-8,10-14,20,24H,3-4,6,9,15H2,1-2H3. The summed E-state index contributed by atoms with van der Waals surface area (Å²) in [7, 11) is 3.28. The average molecular weight is 359 g/mol. The Morgan fingerprint density at radius 2 is 1.92 bits per heavy atom. The molecule has 0 aromatic heterocycles. The van der Waals surface area contributed by atoms with E-state index in [4.69, 9.17) is 4.74 Å². The molecule has 0 aliphatic heterocycles. The summed E-state index contributed by atoms with van der Waals surface area (Å²) in [6.07, 6.45) is 2.13. The molecule has 2 aromatic carbocycles. The Morgan fingerprint density at radius 3 is 2.62 bits per heavy atom. The topological polar surface area (TPSA) is 49.8 Å². The van der Waals surface area contributed by atoms with Crippen LogP contribution < -0.4 is 4.74 Å². The zero-order chi connectivity index (χ0) is 18.9. The van der Waals surface area contributed by atoms with E-state index in [1.807, 2.05) is 18.2 Å². The van der Waals surface area contributed by atoms with Crippen LogP contribution >= 0.6 is 0 Å². The predicted molar refractivity (Wildman–Crippen MR) is 99.5 cm³/mol. The van der Waals surface area contributed by atoms with E-state index in [-0.39, 0.29) is 18.3 Å². The van der Waals surface area contributed by atoms with E-state index in [1.165, 1.54) is 12.1 Å². The molecule has 0 saturated heterocycles. The molecule has 1 atom stereocenters. The van der Waals surface area contributed by atoms with Gasteiger partial charge in [0.25, 0.3) is 0 Å². The molecule has 1 amide bonds. The number of halogens is 1. The van der Waals surface area contributed by atoms with Crippen molar-refractivity contribution in [2.45, 2.75) is 31.8 Å². The number of aliphatic hydroxyl groups is 1. The minimum Gasteiger partial charge on any atom is -0.497 e. The highest BCUT2D eigenvalue weighted by atomic mass is 19.1. The van der Waals surface area contributed by atoms with E-state index < -0.39 is 6.10 Å². The second kappa shape index (κ2) is 9.92. The maximum Gasteiger partial charge on any atom is 0.222 e. The van der Waals surface area contributed by atoms with Crippen molar-refractivity contribution in [2.24, 2.45) is 0 Å². The van der Waals surface area contributed by atoms with Crippen molar-refractivity contribution in [2.75, 3.05) is 20.7 Å². The first-order chi connectivity index (χ1) is 12.5. The molecule has 0 aliphatic carbocycles. The second-order valence-corrected chi connectivity index (χ2v) is 6.40. The van der Waals surface area contributed by atoms with Crippen LogP contribution in [-0.2, 0) is 11.2 Å². The number of carbonyl (C=O) groups excluding carboxylic acids is 1. The Balaban J connectivity index is 1.73. The Kier molecular flexibility index (Phi) is 7.60. The molecule has 0 aliphatic rings. The lowest BCUT2D eigenvalue weighted by Gasteiger charge is -2.21. The Labute approximate surface area is 154 Å². The molecule has 0 bridgehead atoms. The number of unbranched alkanes of at least 4 members (excludes halogenated alkanes) is 1. The van der Waals surface area contributed by atoms with Crippen molar-refractivity contribution in [1.82, 2.24) is 4.90 Å². The Morgan fingerprint density at radius 1 is 1.19 bits per heavy atom. The third-order valence-corrected chi connectivity index (χ3v) is 4.37. The van der Waals surface area contributed by atoms with Gasteiger partial charge in [-0.2, -0.15) is 0 Å². The molecule has 1 N–H and O–H groups in total. The first-order valence-corrected chi connectivity index (χ1v) is 8.80. The van der Waals surface area contributed by atoms with Gasteiger partial charge in [-0.25, -0.2) is 4.39 Å². The second-order valence-electron chi connectivity index (χ2n) is 6.40. The summed E-state index contributed by atoms with van der Waals surface area (Å²) in [6.45, 7) is 0.240. The van der Waals surface area contributed by atoms with Gasteiger partial charge in [-0.15, -0.1) is 0 Å². The quantitative estimate of drug-likeness (QED) is 0.694. The maximum atomic E-state index is 12.9. The van der Waals surface area contributed by atoms with Crippen molar-refractivity contribution in [3.63, 3.8) is 0 Å². The molecule has 2 aromatic rings. The molecule has 26 heavy (non-hydrogen) atoms. The molecule has 0 fully saturated rings. The summed E-state index contributed by atoms with van der Waals surface area (Å²) in [6, 6.07) is 13.7. The molecule has 2 rings (SSSR count). The smallest absolute Gasteiger partial charge is 0.222 e. The third-order valence-electron chi connectivity index (χ3n) is 4.37. The molecule has 0 heterocycles. The molecule has 4 nitrogen and oxygen atoms in total. The molecule has 0 saturated carbocycles. The fourth-order valence-electron chi connectivity index (χ4n) is 2.76. The fourth-order valence-corrected chi connectivity index (χ4v) is 2.76. The number of ether oxygens (including phenoxy) is 1. The van der Waals surface area contributed by atoms with Crippen molar-refractivity contribution >= 4 is 5.91 Å². The summed E-state index contributed by atoms with van der Waals surface area (Å²) < 4.78 is 18.0. The summed E-state index contributed by atoms with van der Waals surface area (Å²) in [5.41, 5.74) is 1.79. The Hall–Kier alpha value is -2.40. The minimum atomic E-state index is -0.752. The molecular weight excluding hydrogens is 333 g/mol. The number of rotatable bonds is 9. The van der Waals surface area contributed by atoms with Crippen LogP contribution in [0.2, 0.25) is 0 Å². The molecule has 5 heteroatoms. The minimum absolute atomic E-state index is 0.00560. The lowest BCUT2D eigenvalue weighted by molar-refractivity contribution is -0.131. The van der Waals surface area contributed by atoms with Crippen molar-refractivity contribution in [3.8, 4) is 5.75 Å². The Bertz CT molecular complexity index is 703. The molecule has 1 unspecified atom stereocenters. The van der Waals surface area contributed by atoms with Crippen LogP contribution in [0.3, 0.4) is 0 Å². The van der Waals surface area contributed by atoms with Crippen LogP contribution in [-0.4, -0.2) is 36.6 Å². The largest absolute Gasteiger partial charge is 0.497 e. The van der Waals surface area contributed by atoms with Gasteiger partial charge in [-0.3, -0.25) is 4.79 Å². The lowest BCUT2D eigenvalue weighted by atomic mass is 10.1. The first kappa shape index (κ1) is 19.9. The number of carbonyl (C=O) groups is 1. The number of benzene rings is 2. The summed E-state index contributed by atoms with van der Waals surface area (Å²) in [4.78, 5) is 13.8. The average Bonchev–Trinajstić information content (AvgIpc) is 2.66. The highest BCUT2D eigenvalue weighted by Gasteiger charge is 2.15. The number of amides is 1. The van der Waals surface area contributed by atoms with Crippen molar-refractivity contribution in [1.29, 1.82) is 0 Å². The van der Waals surface area contributed by atoms with Gasteiger partial charge in [0.15, 0.2) is 0 Å². The number of hydrogen-bond acceptors (Lipinski definition) is 3. The van der Waals surface area contributed by atoms with Crippen LogP contribution in [0.25, 0.3) is 0 Å². The van der Waals surface area contributed by atoms with E-state index in [0.717, 1.165) is 30.4 Å². The highest BCUT2D eigenvalue weighted by molar-refractivity contribution is 5.75. The number of methoxy groups -OCH3 is 1. The van der Waals surface area contributed by atoms with Gasteiger partial charge >= 0.3 is 0 Å². The predicted octanol–water partition coefficient (Wildman–Crippen LogP) is 3.74. The van der Waals surface area contributed by atoms with Gasteiger partial charge in [0.2, 0.25) is 5.91 Å². The van der Waals surface area contributed by atoms with Crippen LogP contribution in [0.15, 0.2) is 48.5 Å². The summed E-state index contributed by atoms with van der Waals surface area (Å²) in [5.74, 6) is 0.447. The molecule has 140 valence electrons. The molecular formula is C21H26FNO3. The van der Waals surface area contributed by atoms with Gasteiger partial charge < -0.3 is 14.7 Å². The zero-order valence-electron chi connectivity index (χ0n) is 15.3. The SMILES string of the molecule is COc1cccc(C(O)CN(C)C(=O)CCCCc2ccc(F)cc2)c1. The lowest BCUT2D eigenvalue weighted by Crippen LogP contribution is -2.30. The normalized spacial score (nSPS) is 11.8. The molecule has 0 spiro atoms. The van der Waals surface area contributed by atoms with Crippen molar-refractivity contribution in [3.05, 3.63) is 65.5 Å². The summed E-state index contributed by atoms with van der Waals surface area (Å²) >= 11 is 0. The van der Waals surface area contributed by atoms with Gasteiger partial charge in [-0.05, 0) is 54.7 Å². The third kappa shape index (κ3) is 6.15. The van der Waals surface area contributed by atoms with E-state index in [9.17, 15) is 14.3 Å². The van der Waals surface area contributed by atoms with E-state index in [0.29, 0.717) is 12.2 Å². The van der Waals surface area contributed by atoms with Crippen LogP contribution in [0.5, 0.6) is 5.75 Å². The zero-order valence-corrected chi connectivity index (χ0v) is 15.3. The van der Waals surface area contributed by atoms with Crippen LogP contribution in [0, 0.1) is 5.82 Å². The van der Waals surface area contributed by atoms with Crippen LogP contribution in [0.4, 0.5) is 4.39 Å². The number of hydrogen-bond donors (Lipinski definition) is 1. The monoisotopic (exact) mass is 359 g/mol. The van der Waals surface area contributed by atoms with Gasteiger partial charge in [0.1, 0.15) is 11.6 Å². The number of aliphatic hydroxyl groups excluding tert-OH is 1. The maximum absolute atomic E-state index is 12.9.